The maximum absolute atomic E-state index is 15.0. The average molecular weight is 537 g/mol. The van der Waals surface area contributed by atoms with E-state index in [9.17, 15) is 36.0 Å². The zero-order valence-electron chi connectivity index (χ0n) is 18.3. The Bertz CT molecular complexity index is 1290. The first-order chi connectivity index (χ1) is 16.9. The molecule has 0 aliphatic carbocycles. The van der Waals surface area contributed by atoms with Gasteiger partial charge in [-0.2, -0.15) is 0 Å². The summed E-state index contributed by atoms with van der Waals surface area (Å²) in [5, 5.41) is 10.4. The van der Waals surface area contributed by atoms with Gasteiger partial charge in [0.2, 0.25) is 10.0 Å². The molecule has 1 fully saturated rings. The minimum atomic E-state index is -4.58. The Morgan fingerprint density at radius 2 is 1.78 bits per heavy atom. The number of nitrogens with zero attached hydrogens (tertiary/aromatic N) is 2. The number of aromatic nitrogens is 1. The number of carbonyl (C=O) groups excluding carboxylic acids is 3. The van der Waals surface area contributed by atoms with Gasteiger partial charge >= 0.3 is 11.8 Å². The number of aliphatic hydroxyl groups is 1. The van der Waals surface area contributed by atoms with E-state index < -0.39 is 80.1 Å². The first kappa shape index (κ1) is 27.1. The summed E-state index contributed by atoms with van der Waals surface area (Å²) >= 11 is 0. The molecule has 196 valence electrons. The molecule has 1 atom stereocenters. The zero-order valence-corrected chi connectivity index (χ0v) is 19.2. The number of hydrogen-bond donors (Lipinski definition) is 4. The lowest BCUT2D eigenvalue weighted by molar-refractivity contribution is -0.156. The fourth-order valence-electron chi connectivity index (χ4n) is 3.44. The molecule has 1 aromatic heterocycles. The van der Waals surface area contributed by atoms with Crippen LogP contribution in [-0.2, 0) is 31.5 Å². The van der Waals surface area contributed by atoms with Crippen molar-refractivity contribution in [3.8, 4) is 0 Å². The van der Waals surface area contributed by atoms with Crippen LogP contribution in [0.3, 0.4) is 0 Å². The van der Waals surface area contributed by atoms with Crippen molar-refractivity contribution in [3.63, 3.8) is 0 Å². The van der Waals surface area contributed by atoms with E-state index in [1.807, 2.05) is 5.32 Å². The molecule has 0 unspecified atom stereocenters. The molecule has 0 bridgehead atoms. The number of benzene rings is 1. The molecule has 3 rings (SSSR count). The van der Waals surface area contributed by atoms with Crippen molar-refractivity contribution in [1.82, 2.24) is 19.7 Å². The van der Waals surface area contributed by atoms with E-state index in [-0.39, 0.29) is 19.5 Å². The van der Waals surface area contributed by atoms with Gasteiger partial charge in [0.05, 0.1) is 0 Å². The molecular formula is C19H19F4N5O7S. The first-order valence-corrected chi connectivity index (χ1v) is 11.5. The number of anilines is 1. The van der Waals surface area contributed by atoms with Crippen molar-refractivity contribution in [2.45, 2.75) is 17.4 Å². The predicted octanol–water partition coefficient (Wildman–Crippen LogP) is -0.289. The molecule has 4 N–H and O–H groups in total. The number of hydrogen-bond acceptors (Lipinski definition) is 7. The molecule has 1 saturated heterocycles. The van der Waals surface area contributed by atoms with E-state index >= 15 is 4.39 Å². The molecule has 1 aliphatic rings. The maximum atomic E-state index is 15.0. The highest BCUT2D eigenvalue weighted by Gasteiger charge is 2.35. The molecule has 12 nitrogen and oxygen atoms in total. The second-order valence-corrected chi connectivity index (χ2v) is 9.22. The first-order valence-electron chi connectivity index (χ1n) is 10.0. The Hall–Kier alpha value is -3.54. The molecule has 1 aliphatic heterocycles. The van der Waals surface area contributed by atoms with Crippen molar-refractivity contribution in [3.05, 3.63) is 47.3 Å². The Morgan fingerprint density at radius 1 is 1.14 bits per heavy atom. The number of amides is 3. The maximum Gasteiger partial charge on any atom is 0.333 e. The smallest absolute Gasteiger partial charge is 0.333 e. The van der Waals surface area contributed by atoms with Gasteiger partial charge in [-0.05, 0) is 6.42 Å². The van der Waals surface area contributed by atoms with Crippen LogP contribution in [0.4, 0.5) is 23.2 Å². The van der Waals surface area contributed by atoms with Gasteiger partial charge in [0.25, 0.3) is 5.91 Å². The predicted molar refractivity (Wildman–Crippen MR) is 111 cm³/mol. The molecule has 0 spiro atoms. The third kappa shape index (κ3) is 5.64. The highest BCUT2D eigenvalue weighted by Crippen LogP contribution is 2.24. The van der Waals surface area contributed by atoms with Crippen molar-refractivity contribution in [1.29, 1.82) is 0 Å². The van der Waals surface area contributed by atoms with Crippen LogP contribution < -0.4 is 15.5 Å². The van der Waals surface area contributed by atoms with E-state index in [1.165, 1.54) is 0 Å². The molecule has 36 heavy (non-hydrogen) atoms. The summed E-state index contributed by atoms with van der Waals surface area (Å²) in [6.07, 6.45) is 0.860. The molecule has 3 amide bonds. The lowest BCUT2D eigenvalue weighted by atomic mass is 10.2. The molecule has 1 aromatic carbocycles. The number of rotatable bonds is 7. The Labute approximate surface area is 200 Å². The van der Waals surface area contributed by atoms with Crippen LogP contribution in [-0.4, -0.2) is 66.6 Å². The Kier molecular flexibility index (Phi) is 7.97. The number of hydroxylamine groups is 1. The van der Waals surface area contributed by atoms with Gasteiger partial charge in [-0.3, -0.25) is 14.4 Å². The molecular weight excluding hydrogens is 518 g/mol. The summed E-state index contributed by atoms with van der Waals surface area (Å²) in [5.74, 6) is -9.97. The monoisotopic (exact) mass is 537 g/mol. The Morgan fingerprint density at radius 3 is 2.39 bits per heavy atom. The van der Waals surface area contributed by atoms with E-state index in [0.29, 0.717) is 12.1 Å². The van der Waals surface area contributed by atoms with Gasteiger partial charge in [0, 0.05) is 50.2 Å². The number of aliphatic hydroxyl groups excluding tert-OH is 1. The SMILES string of the molecule is Cn1cc(S(=O)(=O)N[C@@H]2CCN(C(=O)C(=O)NOCO)C2)c(F)c1C(=O)Nc1cc(F)c(F)c(F)c1. The lowest BCUT2D eigenvalue weighted by Gasteiger charge is -2.16. The summed E-state index contributed by atoms with van der Waals surface area (Å²) in [6, 6.07) is 0.00641. The topological polar surface area (TPSA) is 159 Å². The van der Waals surface area contributed by atoms with E-state index in [2.05, 4.69) is 9.56 Å². The number of likely N-dealkylation sites (tertiary alicyclic amines) is 1. The fourth-order valence-corrected chi connectivity index (χ4v) is 4.83. The van der Waals surface area contributed by atoms with Crippen molar-refractivity contribution < 1.29 is 50.3 Å². The van der Waals surface area contributed by atoms with Crippen LogP contribution in [0.25, 0.3) is 0 Å². The van der Waals surface area contributed by atoms with Gasteiger partial charge in [-0.25, -0.2) is 41.0 Å². The minimum absolute atomic E-state index is 0.0196. The highest BCUT2D eigenvalue weighted by atomic mass is 32.2. The normalized spacial score (nSPS) is 15.7. The van der Waals surface area contributed by atoms with Gasteiger partial charge in [0.15, 0.2) is 30.1 Å². The molecule has 0 saturated carbocycles. The molecule has 0 radical (unpaired) electrons. The van der Waals surface area contributed by atoms with Crippen LogP contribution in [0.15, 0.2) is 23.2 Å². The van der Waals surface area contributed by atoms with Gasteiger partial charge in [0.1, 0.15) is 10.6 Å². The summed E-state index contributed by atoms with van der Waals surface area (Å²) < 4.78 is 83.4. The van der Waals surface area contributed by atoms with Crippen LogP contribution in [0.1, 0.15) is 16.9 Å². The van der Waals surface area contributed by atoms with Gasteiger partial charge in [-0.1, -0.05) is 0 Å². The second-order valence-electron chi connectivity index (χ2n) is 7.54. The minimum Gasteiger partial charge on any atom is -0.368 e. The number of nitrogens with one attached hydrogen (secondary N) is 3. The van der Waals surface area contributed by atoms with Crippen LogP contribution >= 0.6 is 0 Å². The van der Waals surface area contributed by atoms with Crippen LogP contribution in [0.2, 0.25) is 0 Å². The van der Waals surface area contributed by atoms with Gasteiger partial charge in [-0.15, -0.1) is 0 Å². The number of aryl methyl sites for hydroxylation is 1. The van der Waals surface area contributed by atoms with E-state index in [1.54, 1.807) is 5.48 Å². The van der Waals surface area contributed by atoms with Crippen molar-refractivity contribution in [2.24, 2.45) is 7.05 Å². The van der Waals surface area contributed by atoms with Crippen LogP contribution in [0, 0.1) is 23.3 Å². The quantitative estimate of drug-likeness (QED) is 0.124. The summed E-state index contributed by atoms with van der Waals surface area (Å²) in [6.45, 7) is -1.13. The largest absolute Gasteiger partial charge is 0.368 e. The lowest BCUT2D eigenvalue weighted by Crippen LogP contribution is -2.44. The average Bonchev–Trinajstić information content (AvgIpc) is 3.38. The summed E-state index contributed by atoms with van der Waals surface area (Å²) in [4.78, 5) is 40.4. The third-order valence-corrected chi connectivity index (χ3v) is 6.56. The van der Waals surface area contributed by atoms with E-state index in [0.717, 1.165) is 22.7 Å². The highest BCUT2D eigenvalue weighted by molar-refractivity contribution is 7.89. The van der Waals surface area contributed by atoms with Gasteiger partial charge < -0.3 is 19.9 Å². The number of sulfonamides is 1. The van der Waals surface area contributed by atoms with Crippen molar-refractivity contribution >= 4 is 33.4 Å². The van der Waals surface area contributed by atoms with Crippen molar-refractivity contribution in [2.75, 3.05) is 25.2 Å². The van der Waals surface area contributed by atoms with Crippen LogP contribution in [0.5, 0.6) is 0 Å². The standard InChI is InChI=1S/C19H19F4N5O7S/c1-27-7-13(15(23)16(27)17(30)24-10-4-11(20)14(22)12(21)5-10)36(33,34)26-9-2-3-28(6-9)19(32)18(31)25-35-8-29/h4-5,7,9,26,29H,2-3,6,8H2,1H3,(H,24,30)(H,25,31)/t9-/m1/s1. The Balaban J connectivity index is 1.73. The molecule has 17 heteroatoms. The third-order valence-electron chi connectivity index (χ3n) is 5.06. The summed E-state index contributed by atoms with van der Waals surface area (Å²) in [7, 11) is -3.43. The number of halogens is 4. The molecule has 2 aromatic rings. The molecule has 2 heterocycles. The zero-order chi connectivity index (χ0) is 26.8. The van der Waals surface area contributed by atoms with E-state index in [4.69, 9.17) is 5.11 Å². The number of carbonyl (C=O) groups is 3. The second kappa shape index (κ2) is 10.6. The fraction of sp³-hybridized carbons (Fsp3) is 0.316. The summed E-state index contributed by atoms with van der Waals surface area (Å²) in [5.41, 5.74) is 0.342.